The van der Waals surface area contributed by atoms with Crippen molar-refractivity contribution in [3.05, 3.63) is 94.3 Å². The molecular weight excluding hydrogens is 526 g/mol. The lowest BCUT2D eigenvalue weighted by Gasteiger charge is -2.28. The number of urea groups is 1. The predicted octanol–water partition coefficient (Wildman–Crippen LogP) is 4.97. The highest BCUT2D eigenvalue weighted by Crippen LogP contribution is 2.30. The summed E-state index contributed by atoms with van der Waals surface area (Å²) in [6, 6.07) is 19.2. The van der Waals surface area contributed by atoms with Gasteiger partial charge in [-0.05, 0) is 68.4 Å². The lowest BCUT2D eigenvalue weighted by atomic mass is 10.0. The van der Waals surface area contributed by atoms with E-state index in [-0.39, 0.29) is 28.6 Å². The topological polar surface area (TPSA) is 99.9 Å². The number of nitrogens with one attached hydrogen (secondary N) is 1. The van der Waals surface area contributed by atoms with E-state index in [0.29, 0.717) is 24.0 Å². The maximum Gasteiger partial charge on any atom is 0.344 e. The number of rotatable bonds is 7. The Bertz CT molecular complexity index is 1620. The number of benzene rings is 3. The van der Waals surface area contributed by atoms with E-state index < -0.39 is 21.7 Å². The van der Waals surface area contributed by atoms with Crippen LogP contribution in [0.15, 0.2) is 86.9 Å². The summed E-state index contributed by atoms with van der Waals surface area (Å²) in [6.07, 6.45) is 0. The van der Waals surface area contributed by atoms with E-state index in [1.807, 2.05) is 38.1 Å². The fraction of sp³-hybridized carbons (Fsp3) is 0.214. The summed E-state index contributed by atoms with van der Waals surface area (Å²) in [6.45, 7) is 4.54. The Morgan fingerprint density at radius 1 is 0.947 bits per heavy atom. The number of halogens is 1. The molecule has 0 bridgehead atoms. The lowest BCUT2D eigenvalue weighted by molar-refractivity contribution is 0.219. The molecule has 0 aliphatic rings. The van der Waals surface area contributed by atoms with Gasteiger partial charge in [-0.25, -0.2) is 18.0 Å². The first-order valence-corrected chi connectivity index (χ1v) is 13.2. The highest BCUT2D eigenvalue weighted by molar-refractivity contribution is 7.93. The van der Waals surface area contributed by atoms with Crippen LogP contribution in [-0.4, -0.2) is 46.5 Å². The van der Waals surface area contributed by atoms with Crippen molar-refractivity contribution in [3.8, 4) is 11.1 Å². The largest absolute Gasteiger partial charge is 0.422 e. The van der Waals surface area contributed by atoms with Gasteiger partial charge in [0.1, 0.15) is 5.58 Å². The van der Waals surface area contributed by atoms with Crippen LogP contribution in [0, 0.1) is 13.8 Å². The number of carbonyl (C=O) groups is 1. The Balaban J connectivity index is 0.00000400. The predicted molar refractivity (Wildman–Crippen MR) is 153 cm³/mol. The molecule has 0 saturated carbocycles. The number of fused-ring (bicyclic) bond motifs is 1. The molecule has 1 heterocycles. The smallest absolute Gasteiger partial charge is 0.344 e. The van der Waals surface area contributed by atoms with Crippen LogP contribution >= 0.6 is 12.4 Å². The molecule has 0 atom stereocenters. The molecule has 0 aliphatic heterocycles. The van der Waals surface area contributed by atoms with Crippen molar-refractivity contribution in [1.82, 2.24) is 10.2 Å². The molecule has 1 N–H and O–H groups in total. The minimum Gasteiger partial charge on any atom is -0.422 e. The number of sulfonamides is 1. The third-order valence-electron chi connectivity index (χ3n) is 6.14. The third-order valence-corrected chi connectivity index (χ3v) is 7.86. The summed E-state index contributed by atoms with van der Waals surface area (Å²) in [7, 11) is -0.955. The van der Waals surface area contributed by atoms with Gasteiger partial charge in [-0.2, -0.15) is 4.31 Å². The summed E-state index contributed by atoms with van der Waals surface area (Å²) in [5, 5.41) is 3.45. The summed E-state index contributed by atoms with van der Waals surface area (Å²) >= 11 is 0. The van der Waals surface area contributed by atoms with Crippen LogP contribution in [0.3, 0.4) is 0 Å². The van der Waals surface area contributed by atoms with E-state index >= 15 is 0 Å². The Kier molecular flexibility index (Phi) is 8.98. The van der Waals surface area contributed by atoms with Gasteiger partial charge in [0.25, 0.3) is 10.0 Å². The highest BCUT2D eigenvalue weighted by Gasteiger charge is 2.33. The molecule has 0 radical (unpaired) electrons. The Hall–Kier alpha value is -3.66. The molecule has 4 rings (SSSR count). The summed E-state index contributed by atoms with van der Waals surface area (Å²) in [5.74, 6) is 0. The molecule has 0 unspecified atom stereocenters. The van der Waals surface area contributed by atoms with Crippen molar-refractivity contribution in [3.63, 3.8) is 0 Å². The van der Waals surface area contributed by atoms with Crippen LogP contribution in [0.2, 0.25) is 0 Å². The average Bonchev–Trinajstić information content (AvgIpc) is 2.87. The number of hydrogen-bond acceptors (Lipinski definition) is 6. The maximum absolute atomic E-state index is 13.8. The molecule has 10 heteroatoms. The summed E-state index contributed by atoms with van der Waals surface area (Å²) in [5.41, 5.74) is 2.79. The van der Waals surface area contributed by atoms with Gasteiger partial charge in [0.2, 0.25) is 0 Å². The van der Waals surface area contributed by atoms with Crippen molar-refractivity contribution < 1.29 is 17.6 Å². The van der Waals surface area contributed by atoms with Gasteiger partial charge in [0.15, 0.2) is 0 Å². The monoisotopic (exact) mass is 555 g/mol. The van der Waals surface area contributed by atoms with E-state index in [9.17, 15) is 18.0 Å². The van der Waals surface area contributed by atoms with E-state index in [4.69, 9.17) is 4.42 Å². The van der Waals surface area contributed by atoms with Crippen molar-refractivity contribution in [2.45, 2.75) is 18.7 Å². The zero-order valence-electron chi connectivity index (χ0n) is 21.6. The molecule has 0 spiro atoms. The van der Waals surface area contributed by atoms with Crippen LogP contribution in [0.1, 0.15) is 11.1 Å². The second kappa shape index (κ2) is 11.8. The molecule has 1 aromatic heterocycles. The number of likely N-dealkylation sites (N-methyl/N-ethyl adjacent to an activating group) is 2. The SMILES string of the molecule is CNCCN(C)C(=O)N(c1ccc2oc(=O)c(-c3ccccc3C)cc2c1)S(=O)(=O)c1ccc(C)cc1.Cl. The molecule has 8 nitrogen and oxygen atoms in total. The normalized spacial score (nSPS) is 11.2. The number of anilines is 1. The molecule has 4 aromatic rings. The van der Waals surface area contributed by atoms with Gasteiger partial charge in [0.05, 0.1) is 16.1 Å². The van der Waals surface area contributed by atoms with Crippen molar-refractivity contribution >= 4 is 45.1 Å². The quantitative estimate of drug-likeness (QED) is 0.323. The molecule has 0 saturated heterocycles. The maximum atomic E-state index is 13.8. The number of amides is 2. The zero-order valence-corrected chi connectivity index (χ0v) is 23.2. The van der Waals surface area contributed by atoms with Gasteiger partial charge in [-0.15, -0.1) is 12.4 Å². The zero-order chi connectivity index (χ0) is 26.7. The van der Waals surface area contributed by atoms with E-state index in [0.717, 1.165) is 21.0 Å². The van der Waals surface area contributed by atoms with Gasteiger partial charge < -0.3 is 14.6 Å². The first-order valence-electron chi connectivity index (χ1n) is 11.8. The summed E-state index contributed by atoms with van der Waals surface area (Å²) in [4.78, 5) is 27.6. The van der Waals surface area contributed by atoms with Gasteiger partial charge in [-0.3, -0.25) is 0 Å². The van der Waals surface area contributed by atoms with Gasteiger partial charge in [-0.1, -0.05) is 42.0 Å². The van der Waals surface area contributed by atoms with Crippen molar-refractivity contribution in [2.24, 2.45) is 0 Å². The standard InChI is InChI=1S/C28H29N3O5S.ClH/c1-19-9-12-23(13-10-19)37(34,35)31(28(33)30(4)16-15-29-3)22-11-14-26-21(17-22)18-25(27(32)36-26)24-8-6-5-7-20(24)2;/h5-14,17-18,29H,15-16H2,1-4H3;1H. The first kappa shape index (κ1) is 28.9. The molecule has 200 valence electrons. The van der Waals surface area contributed by atoms with Crippen LogP contribution in [0.5, 0.6) is 0 Å². The van der Waals surface area contributed by atoms with E-state index in [1.165, 1.54) is 29.2 Å². The van der Waals surface area contributed by atoms with Gasteiger partial charge in [0, 0.05) is 25.5 Å². The minimum atomic E-state index is -4.26. The van der Waals surface area contributed by atoms with Crippen molar-refractivity contribution in [2.75, 3.05) is 31.5 Å². The Morgan fingerprint density at radius 3 is 2.29 bits per heavy atom. The highest BCUT2D eigenvalue weighted by atomic mass is 35.5. The second-order valence-electron chi connectivity index (χ2n) is 8.87. The average molecular weight is 556 g/mol. The van der Waals surface area contributed by atoms with Gasteiger partial charge >= 0.3 is 11.7 Å². The fourth-order valence-electron chi connectivity index (χ4n) is 4.00. The first-order chi connectivity index (χ1) is 17.6. The molecule has 0 fully saturated rings. The number of carbonyl (C=O) groups excluding carboxylic acids is 1. The van der Waals surface area contributed by atoms with Crippen molar-refractivity contribution in [1.29, 1.82) is 0 Å². The molecular formula is C28H30ClN3O5S. The Labute approximate surface area is 228 Å². The molecule has 0 aliphatic carbocycles. The summed E-state index contributed by atoms with van der Waals surface area (Å²) < 4.78 is 33.9. The lowest BCUT2D eigenvalue weighted by Crippen LogP contribution is -2.46. The van der Waals surface area contributed by atoms with E-state index in [1.54, 1.807) is 38.4 Å². The minimum absolute atomic E-state index is 0. The van der Waals surface area contributed by atoms with Crippen LogP contribution in [-0.2, 0) is 10.0 Å². The fourth-order valence-corrected chi connectivity index (χ4v) is 5.42. The third kappa shape index (κ3) is 5.75. The molecule has 2 amide bonds. The van der Waals surface area contributed by atoms with Crippen LogP contribution in [0.4, 0.5) is 10.5 Å². The van der Waals surface area contributed by atoms with Crippen LogP contribution < -0.4 is 15.2 Å². The molecule has 3 aromatic carbocycles. The number of aryl methyl sites for hydroxylation is 2. The molecule has 38 heavy (non-hydrogen) atoms. The number of nitrogens with zero attached hydrogens (tertiary/aromatic N) is 2. The van der Waals surface area contributed by atoms with E-state index in [2.05, 4.69) is 5.32 Å². The number of hydrogen-bond donors (Lipinski definition) is 1. The van der Waals surface area contributed by atoms with Crippen LogP contribution in [0.25, 0.3) is 22.1 Å². The Morgan fingerprint density at radius 2 is 1.63 bits per heavy atom. The second-order valence-corrected chi connectivity index (χ2v) is 10.7.